The van der Waals surface area contributed by atoms with Gasteiger partial charge in [0, 0.05) is 23.0 Å². The van der Waals surface area contributed by atoms with Gasteiger partial charge in [0.05, 0.1) is 6.67 Å². The highest BCUT2D eigenvalue weighted by Crippen LogP contribution is 2.34. The molecule has 0 spiro atoms. The standard InChI is InChI=1S/C27H40N2/c1-21(2)11-16-26(5)14-8-10-24(13-17-26)25(29-20-28)19-23-9-7-15-27(6,18-12-23)22(3)4/h7-10,12-15,17-18,21-22H,11,16,19-20,28H2,1-6H3. The monoisotopic (exact) mass is 392 g/mol. The Labute approximate surface area is 178 Å². The minimum atomic E-state index is 0.0892. The summed E-state index contributed by atoms with van der Waals surface area (Å²) in [5, 5.41) is 0. The lowest BCUT2D eigenvalue weighted by Gasteiger charge is -2.26. The van der Waals surface area contributed by atoms with E-state index >= 15 is 0 Å². The zero-order valence-electron chi connectivity index (χ0n) is 19.3. The van der Waals surface area contributed by atoms with Crippen LogP contribution >= 0.6 is 0 Å². The number of aliphatic imine (C=N–C) groups is 1. The van der Waals surface area contributed by atoms with E-state index in [4.69, 9.17) is 5.73 Å². The van der Waals surface area contributed by atoms with Crippen molar-refractivity contribution in [3.63, 3.8) is 0 Å². The van der Waals surface area contributed by atoms with E-state index in [1.54, 1.807) is 0 Å². The summed E-state index contributed by atoms with van der Waals surface area (Å²) in [4.78, 5) is 4.65. The van der Waals surface area contributed by atoms with E-state index in [0.717, 1.165) is 30.0 Å². The van der Waals surface area contributed by atoms with Crippen LogP contribution in [-0.4, -0.2) is 12.4 Å². The average Bonchev–Trinajstić information content (AvgIpc) is 2.97. The molecule has 29 heavy (non-hydrogen) atoms. The van der Waals surface area contributed by atoms with Gasteiger partial charge in [-0.05, 0) is 35.8 Å². The molecule has 2 aliphatic carbocycles. The first kappa shape index (κ1) is 23.3. The Kier molecular flexibility index (Phi) is 8.22. The van der Waals surface area contributed by atoms with Gasteiger partial charge in [0.15, 0.2) is 0 Å². The highest BCUT2D eigenvalue weighted by molar-refractivity contribution is 6.04. The summed E-state index contributed by atoms with van der Waals surface area (Å²) in [5.41, 5.74) is 9.49. The number of hydrogen-bond donors (Lipinski definition) is 1. The van der Waals surface area contributed by atoms with Gasteiger partial charge < -0.3 is 5.73 Å². The third-order valence-electron chi connectivity index (χ3n) is 6.31. The van der Waals surface area contributed by atoms with Gasteiger partial charge in [0.25, 0.3) is 0 Å². The molecule has 0 heterocycles. The van der Waals surface area contributed by atoms with E-state index in [2.05, 4.69) is 107 Å². The molecule has 2 N–H and O–H groups in total. The van der Waals surface area contributed by atoms with E-state index in [1.165, 1.54) is 12.0 Å². The molecule has 158 valence electrons. The van der Waals surface area contributed by atoms with Crippen LogP contribution < -0.4 is 5.73 Å². The lowest BCUT2D eigenvalue weighted by Crippen LogP contribution is -2.17. The maximum absolute atomic E-state index is 5.82. The summed E-state index contributed by atoms with van der Waals surface area (Å²) in [7, 11) is 0. The fraction of sp³-hybridized carbons (Fsp3) is 0.519. The lowest BCUT2D eigenvalue weighted by atomic mass is 9.79. The van der Waals surface area contributed by atoms with Crippen molar-refractivity contribution in [2.45, 2.75) is 60.8 Å². The number of nitrogens with two attached hydrogens (primary N) is 1. The molecular formula is C27H40N2. The Morgan fingerprint density at radius 1 is 0.966 bits per heavy atom. The molecule has 0 radical (unpaired) electrons. The van der Waals surface area contributed by atoms with Crippen LogP contribution in [0.3, 0.4) is 0 Å². The van der Waals surface area contributed by atoms with Gasteiger partial charge in [-0.1, -0.05) is 102 Å². The van der Waals surface area contributed by atoms with Crippen molar-refractivity contribution in [3.05, 3.63) is 71.9 Å². The molecule has 2 nitrogen and oxygen atoms in total. The van der Waals surface area contributed by atoms with Crippen LogP contribution in [0.5, 0.6) is 0 Å². The van der Waals surface area contributed by atoms with Crippen LogP contribution in [0, 0.1) is 22.7 Å². The SMILES string of the molecule is CC(C)CCC1(C)C=CC=C(C(CC2=CC=CC(C)(C(C)C)C=C2)=NCN)C=C1. The second kappa shape index (κ2) is 10.2. The Balaban J connectivity index is 2.18. The van der Waals surface area contributed by atoms with Crippen LogP contribution in [0.25, 0.3) is 0 Å². The highest BCUT2D eigenvalue weighted by Gasteiger charge is 2.23. The fourth-order valence-corrected chi connectivity index (χ4v) is 3.55. The molecule has 0 fully saturated rings. The first-order valence-corrected chi connectivity index (χ1v) is 11.1. The summed E-state index contributed by atoms with van der Waals surface area (Å²) in [5.74, 6) is 1.28. The molecule has 0 saturated carbocycles. The van der Waals surface area contributed by atoms with E-state index in [1.807, 2.05) is 0 Å². The molecule has 2 rings (SSSR count). The van der Waals surface area contributed by atoms with Gasteiger partial charge in [-0.3, -0.25) is 4.99 Å². The van der Waals surface area contributed by atoms with Gasteiger partial charge in [-0.2, -0.15) is 0 Å². The van der Waals surface area contributed by atoms with Gasteiger partial charge >= 0.3 is 0 Å². The van der Waals surface area contributed by atoms with E-state index in [-0.39, 0.29) is 10.8 Å². The van der Waals surface area contributed by atoms with Gasteiger partial charge in [0.2, 0.25) is 0 Å². The minimum absolute atomic E-state index is 0.0892. The van der Waals surface area contributed by atoms with E-state index < -0.39 is 0 Å². The van der Waals surface area contributed by atoms with Crippen molar-refractivity contribution >= 4 is 5.71 Å². The minimum Gasteiger partial charge on any atom is -0.312 e. The maximum atomic E-state index is 5.82. The van der Waals surface area contributed by atoms with Crippen molar-refractivity contribution < 1.29 is 0 Å². The van der Waals surface area contributed by atoms with Crippen molar-refractivity contribution in [3.8, 4) is 0 Å². The summed E-state index contributed by atoms with van der Waals surface area (Å²) < 4.78 is 0. The number of hydrogen-bond acceptors (Lipinski definition) is 2. The summed E-state index contributed by atoms with van der Waals surface area (Å²) >= 11 is 0. The molecule has 2 aliphatic rings. The molecule has 0 aromatic heterocycles. The number of rotatable bonds is 8. The third kappa shape index (κ3) is 6.82. The van der Waals surface area contributed by atoms with Gasteiger partial charge in [-0.15, -0.1) is 0 Å². The highest BCUT2D eigenvalue weighted by atomic mass is 14.9. The maximum Gasteiger partial charge on any atom is 0.0863 e. The molecule has 0 saturated heterocycles. The second-order valence-corrected chi connectivity index (χ2v) is 9.67. The largest absolute Gasteiger partial charge is 0.312 e. The molecule has 0 aliphatic heterocycles. The van der Waals surface area contributed by atoms with Crippen molar-refractivity contribution in [1.29, 1.82) is 0 Å². The van der Waals surface area contributed by atoms with Gasteiger partial charge in [-0.25, -0.2) is 0 Å². The van der Waals surface area contributed by atoms with E-state index in [0.29, 0.717) is 12.6 Å². The van der Waals surface area contributed by atoms with Gasteiger partial charge in [0.1, 0.15) is 0 Å². The smallest absolute Gasteiger partial charge is 0.0863 e. The quantitative estimate of drug-likeness (QED) is 0.446. The molecular weight excluding hydrogens is 352 g/mol. The third-order valence-corrected chi connectivity index (χ3v) is 6.31. The molecule has 0 amide bonds. The second-order valence-electron chi connectivity index (χ2n) is 9.67. The first-order chi connectivity index (χ1) is 13.7. The lowest BCUT2D eigenvalue weighted by molar-refractivity contribution is 0.383. The summed E-state index contributed by atoms with van der Waals surface area (Å²) in [6.45, 7) is 14.0. The molecule has 2 atom stereocenters. The van der Waals surface area contributed by atoms with Crippen LogP contribution in [-0.2, 0) is 0 Å². The predicted molar refractivity (Wildman–Crippen MR) is 129 cm³/mol. The Bertz CT molecular complexity index is 770. The van der Waals surface area contributed by atoms with Crippen molar-refractivity contribution in [2.24, 2.45) is 33.4 Å². The molecule has 0 aromatic rings. The first-order valence-electron chi connectivity index (χ1n) is 11.1. The summed E-state index contributed by atoms with van der Waals surface area (Å²) in [6.07, 6.45) is 25.7. The normalized spacial score (nSPS) is 27.3. The zero-order chi connectivity index (χ0) is 21.5. The Hall–Kier alpha value is -1.93. The number of allylic oxidation sites excluding steroid dienone is 12. The average molecular weight is 393 g/mol. The van der Waals surface area contributed by atoms with Crippen molar-refractivity contribution in [2.75, 3.05) is 6.67 Å². The summed E-state index contributed by atoms with van der Waals surface area (Å²) in [6, 6.07) is 0. The molecule has 0 aromatic carbocycles. The van der Waals surface area contributed by atoms with E-state index in [9.17, 15) is 0 Å². The molecule has 0 bridgehead atoms. The van der Waals surface area contributed by atoms with Crippen LogP contribution in [0.2, 0.25) is 0 Å². The topological polar surface area (TPSA) is 38.4 Å². The predicted octanol–water partition coefficient (Wildman–Crippen LogP) is 6.94. The Morgan fingerprint density at radius 3 is 2.34 bits per heavy atom. The fourth-order valence-electron chi connectivity index (χ4n) is 3.55. The van der Waals surface area contributed by atoms with Crippen LogP contribution in [0.1, 0.15) is 60.8 Å². The van der Waals surface area contributed by atoms with Crippen LogP contribution in [0.15, 0.2) is 76.9 Å². The number of nitrogens with zero attached hydrogens (tertiary/aromatic N) is 1. The van der Waals surface area contributed by atoms with Crippen molar-refractivity contribution in [1.82, 2.24) is 0 Å². The molecule has 2 unspecified atom stereocenters. The Morgan fingerprint density at radius 2 is 1.69 bits per heavy atom. The molecule has 2 heteroatoms. The van der Waals surface area contributed by atoms with Crippen LogP contribution in [0.4, 0.5) is 0 Å². The zero-order valence-corrected chi connectivity index (χ0v) is 19.3.